The Bertz CT molecular complexity index is 1330. The number of phenols is 2. The van der Waals surface area contributed by atoms with Crippen molar-refractivity contribution >= 4 is 27.7 Å². The number of carbonyl (C=O) groups is 1. The number of benzene rings is 3. The SMILES string of the molecule is Cc1ccc2c(COC(=O)c3cc(O)c4ccccc4c3O)cc(=O)oc2c1C. The summed E-state index contributed by atoms with van der Waals surface area (Å²) >= 11 is 0. The number of phenolic OH excluding ortho intramolecular Hbond substituents is 2. The highest BCUT2D eigenvalue weighted by atomic mass is 16.5. The van der Waals surface area contributed by atoms with Crippen molar-refractivity contribution in [1.82, 2.24) is 0 Å². The van der Waals surface area contributed by atoms with Crippen LogP contribution in [0.25, 0.3) is 21.7 Å². The Morgan fingerprint density at radius 3 is 2.48 bits per heavy atom. The number of esters is 1. The van der Waals surface area contributed by atoms with Gasteiger partial charge >= 0.3 is 11.6 Å². The van der Waals surface area contributed by atoms with Gasteiger partial charge in [0.2, 0.25) is 0 Å². The molecular weight excluding hydrogens is 372 g/mol. The Morgan fingerprint density at radius 2 is 1.72 bits per heavy atom. The van der Waals surface area contributed by atoms with Crippen molar-refractivity contribution in [3.8, 4) is 11.5 Å². The molecule has 0 fully saturated rings. The third-order valence-electron chi connectivity index (χ3n) is 5.09. The van der Waals surface area contributed by atoms with E-state index in [1.165, 1.54) is 12.1 Å². The van der Waals surface area contributed by atoms with E-state index in [9.17, 15) is 19.8 Å². The molecule has 0 radical (unpaired) electrons. The highest BCUT2D eigenvalue weighted by molar-refractivity contribution is 6.03. The Balaban J connectivity index is 1.69. The maximum atomic E-state index is 12.6. The average molecular weight is 390 g/mol. The molecule has 0 amide bonds. The van der Waals surface area contributed by atoms with Crippen LogP contribution in [-0.4, -0.2) is 16.2 Å². The van der Waals surface area contributed by atoms with E-state index in [1.807, 2.05) is 26.0 Å². The Labute approximate surface area is 165 Å². The lowest BCUT2D eigenvalue weighted by molar-refractivity contribution is 0.0470. The number of aromatic hydroxyl groups is 2. The molecule has 0 bridgehead atoms. The van der Waals surface area contributed by atoms with E-state index in [0.717, 1.165) is 11.1 Å². The summed E-state index contributed by atoms with van der Waals surface area (Å²) in [4.78, 5) is 24.5. The molecule has 1 aromatic heterocycles. The molecular formula is C23H18O6. The number of aryl methyl sites for hydroxylation is 2. The van der Waals surface area contributed by atoms with Crippen LogP contribution in [0.4, 0.5) is 0 Å². The molecule has 2 N–H and O–H groups in total. The van der Waals surface area contributed by atoms with E-state index < -0.39 is 11.6 Å². The summed E-state index contributed by atoms with van der Waals surface area (Å²) in [5.74, 6) is -1.22. The lowest BCUT2D eigenvalue weighted by atomic mass is 10.0. The molecule has 0 spiro atoms. The standard InChI is InChI=1S/C23H18O6/c1-12-7-8-15-14(9-20(25)29-22(15)13(12)2)11-28-23(27)18-10-19(24)16-5-3-4-6-17(16)21(18)26/h3-10,24,26H,11H2,1-2H3. The van der Waals surface area contributed by atoms with Crippen molar-refractivity contribution in [2.45, 2.75) is 20.5 Å². The van der Waals surface area contributed by atoms with Gasteiger partial charge in [-0.3, -0.25) is 0 Å². The van der Waals surface area contributed by atoms with E-state index in [0.29, 0.717) is 27.3 Å². The Hall–Kier alpha value is -3.80. The van der Waals surface area contributed by atoms with Crippen molar-refractivity contribution in [2.75, 3.05) is 0 Å². The molecule has 4 aromatic rings. The topological polar surface area (TPSA) is 97.0 Å². The maximum absolute atomic E-state index is 12.6. The maximum Gasteiger partial charge on any atom is 0.342 e. The van der Waals surface area contributed by atoms with Gasteiger partial charge in [0.05, 0.1) is 0 Å². The van der Waals surface area contributed by atoms with Crippen LogP contribution >= 0.6 is 0 Å². The van der Waals surface area contributed by atoms with E-state index in [1.54, 1.807) is 24.3 Å². The third-order valence-corrected chi connectivity index (χ3v) is 5.09. The highest BCUT2D eigenvalue weighted by Crippen LogP contribution is 2.35. The van der Waals surface area contributed by atoms with Crippen molar-refractivity contribution in [3.63, 3.8) is 0 Å². The molecule has 0 unspecified atom stereocenters. The molecule has 4 rings (SSSR count). The second-order valence-electron chi connectivity index (χ2n) is 6.89. The second-order valence-corrected chi connectivity index (χ2v) is 6.89. The number of hydrogen-bond donors (Lipinski definition) is 2. The monoisotopic (exact) mass is 390 g/mol. The molecule has 3 aromatic carbocycles. The molecule has 0 aliphatic rings. The van der Waals surface area contributed by atoms with E-state index in [-0.39, 0.29) is 23.7 Å². The summed E-state index contributed by atoms with van der Waals surface area (Å²) in [5, 5.41) is 22.1. The average Bonchev–Trinajstić information content (AvgIpc) is 2.71. The molecule has 0 aliphatic heterocycles. The van der Waals surface area contributed by atoms with Gasteiger partial charge in [-0.25, -0.2) is 9.59 Å². The Kier molecular flexibility index (Phi) is 4.47. The molecule has 0 saturated carbocycles. The van der Waals surface area contributed by atoms with Crippen molar-refractivity contribution in [3.05, 3.63) is 81.2 Å². The van der Waals surface area contributed by atoms with Crippen LogP contribution in [0.3, 0.4) is 0 Å². The van der Waals surface area contributed by atoms with Gasteiger partial charge in [-0.1, -0.05) is 36.4 Å². The van der Waals surface area contributed by atoms with Crippen LogP contribution in [0.15, 0.2) is 57.7 Å². The van der Waals surface area contributed by atoms with Gasteiger partial charge in [0.25, 0.3) is 0 Å². The molecule has 0 saturated heterocycles. The first kappa shape index (κ1) is 18.6. The van der Waals surface area contributed by atoms with Crippen LogP contribution < -0.4 is 5.63 Å². The molecule has 6 heteroatoms. The lowest BCUT2D eigenvalue weighted by Crippen LogP contribution is -2.09. The van der Waals surface area contributed by atoms with Crippen molar-refractivity contribution < 1.29 is 24.2 Å². The first-order valence-corrected chi connectivity index (χ1v) is 9.00. The summed E-state index contributed by atoms with van der Waals surface area (Å²) < 4.78 is 10.7. The van der Waals surface area contributed by atoms with Gasteiger partial charge in [0, 0.05) is 27.8 Å². The van der Waals surface area contributed by atoms with Crippen molar-refractivity contribution in [2.24, 2.45) is 0 Å². The first-order valence-electron chi connectivity index (χ1n) is 9.00. The summed E-state index contributed by atoms with van der Waals surface area (Å²) in [6, 6.07) is 12.8. The smallest absolute Gasteiger partial charge is 0.342 e. The Morgan fingerprint density at radius 1 is 1.00 bits per heavy atom. The normalized spacial score (nSPS) is 11.1. The van der Waals surface area contributed by atoms with Crippen LogP contribution in [0.2, 0.25) is 0 Å². The third kappa shape index (κ3) is 3.18. The molecule has 0 aliphatic carbocycles. The fourth-order valence-electron chi connectivity index (χ4n) is 3.36. The summed E-state index contributed by atoms with van der Waals surface area (Å²) in [6.45, 7) is 3.58. The zero-order chi connectivity index (χ0) is 20.7. The zero-order valence-corrected chi connectivity index (χ0v) is 15.9. The van der Waals surface area contributed by atoms with Crippen LogP contribution in [0.1, 0.15) is 27.0 Å². The van der Waals surface area contributed by atoms with Gasteiger partial charge < -0.3 is 19.4 Å². The zero-order valence-electron chi connectivity index (χ0n) is 15.9. The first-order chi connectivity index (χ1) is 13.9. The highest BCUT2D eigenvalue weighted by Gasteiger charge is 2.19. The number of carbonyl (C=O) groups excluding carboxylic acids is 1. The van der Waals surface area contributed by atoms with E-state index >= 15 is 0 Å². The summed E-state index contributed by atoms with van der Waals surface area (Å²) in [5.41, 5.74) is 2.08. The molecule has 1 heterocycles. The molecule has 6 nitrogen and oxygen atoms in total. The largest absolute Gasteiger partial charge is 0.507 e. The van der Waals surface area contributed by atoms with Crippen molar-refractivity contribution in [1.29, 1.82) is 0 Å². The van der Waals surface area contributed by atoms with Gasteiger partial charge in [-0.15, -0.1) is 0 Å². The summed E-state index contributed by atoms with van der Waals surface area (Å²) in [6.07, 6.45) is 0. The van der Waals surface area contributed by atoms with Gasteiger partial charge in [-0.05, 0) is 31.0 Å². The minimum atomic E-state index is -0.811. The molecule has 146 valence electrons. The minimum Gasteiger partial charge on any atom is -0.507 e. The molecule has 29 heavy (non-hydrogen) atoms. The number of ether oxygens (including phenoxy) is 1. The predicted molar refractivity (Wildman–Crippen MR) is 108 cm³/mol. The number of hydrogen-bond acceptors (Lipinski definition) is 6. The number of fused-ring (bicyclic) bond motifs is 2. The van der Waals surface area contributed by atoms with E-state index in [2.05, 4.69) is 0 Å². The fourth-order valence-corrected chi connectivity index (χ4v) is 3.36. The van der Waals surface area contributed by atoms with Crippen LogP contribution in [0, 0.1) is 13.8 Å². The quantitative estimate of drug-likeness (QED) is 0.307. The molecule has 0 atom stereocenters. The number of rotatable bonds is 3. The van der Waals surface area contributed by atoms with Gasteiger partial charge in [0.15, 0.2) is 0 Å². The fraction of sp³-hybridized carbons (Fsp3) is 0.130. The minimum absolute atomic E-state index is 0.137. The predicted octanol–water partition coefficient (Wildman–Crippen LogP) is 4.33. The van der Waals surface area contributed by atoms with Gasteiger partial charge in [-0.2, -0.15) is 0 Å². The lowest BCUT2D eigenvalue weighted by Gasteiger charge is -2.12. The summed E-state index contributed by atoms with van der Waals surface area (Å²) in [7, 11) is 0. The van der Waals surface area contributed by atoms with Crippen LogP contribution in [0.5, 0.6) is 11.5 Å². The van der Waals surface area contributed by atoms with Gasteiger partial charge in [0.1, 0.15) is 29.3 Å². The second kappa shape index (κ2) is 6.98. The van der Waals surface area contributed by atoms with Crippen LogP contribution in [-0.2, 0) is 11.3 Å². The van der Waals surface area contributed by atoms with E-state index in [4.69, 9.17) is 9.15 Å².